The van der Waals surface area contributed by atoms with Crippen molar-refractivity contribution in [1.82, 2.24) is 24.5 Å². The Balaban J connectivity index is 1.42. The van der Waals surface area contributed by atoms with Gasteiger partial charge in [-0.25, -0.2) is 19.9 Å². The maximum absolute atomic E-state index is 13.0. The van der Waals surface area contributed by atoms with Gasteiger partial charge in [-0.2, -0.15) is 0 Å². The Labute approximate surface area is 202 Å². The fourth-order valence-electron chi connectivity index (χ4n) is 4.17. The predicted octanol–water partition coefficient (Wildman–Crippen LogP) is 1.26. The monoisotopic (exact) mass is 439 g/mol. The fraction of sp³-hybridized carbons (Fsp3) is 0.227. The van der Waals surface area contributed by atoms with Gasteiger partial charge in [0.15, 0.2) is 0 Å². The molecule has 4 heterocycles. The van der Waals surface area contributed by atoms with E-state index in [-0.39, 0.29) is 5.95 Å². The molecule has 0 unspecified atom stereocenters. The highest BCUT2D eigenvalue weighted by Crippen LogP contribution is 2.37. The third-order valence-corrected chi connectivity index (χ3v) is 5.92. The van der Waals surface area contributed by atoms with Crippen LogP contribution in [0.2, 0.25) is 0 Å². The first kappa shape index (κ1) is 22.3. The Bertz CT molecular complexity index is 1390. The van der Waals surface area contributed by atoms with Gasteiger partial charge in [0.25, 0.3) is 5.91 Å². The normalized spacial score (nSPS) is 16.6. The van der Waals surface area contributed by atoms with Crippen LogP contribution >= 0.6 is 0 Å². The van der Waals surface area contributed by atoms with E-state index in [1.807, 2.05) is 29.8 Å². The first-order chi connectivity index (χ1) is 16.1. The molecular formula is C22H17B4N7O. The molecule has 1 fully saturated rings. The molecule has 0 aliphatic carbocycles. The van der Waals surface area contributed by atoms with E-state index in [9.17, 15) is 4.79 Å². The molecule has 4 aromatic rings. The van der Waals surface area contributed by atoms with Gasteiger partial charge in [-0.3, -0.25) is 10.1 Å². The second-order valence-corrected chi connectivity index (χ2v) is 8.53. The summed E-state index contributed by atoms with van der Waals surface area (Å²) in [6.07, 6.45) is 7.39. The zero-order valence-corrected chi connectivity index (χ0v) is 18.5. The predicted molar refractivity (Wildman–Crippen MR) is 134 cm³/mol. The van der Waals surface area contributed by atoms with Crippen LogP contribution in [-0.4, -0.2) is 72.5 Å². The molecule has 5 rings (SSSR count). The zero-order chi connectivity index (χ0) is 24.1. The van der Waals surface area contributed by atoms with E-state index >= 15 is 0 Å². The summed E-state index contributed by atoms with van der Waals surface area (Å²) in [6.45, 7) is 0. The number of fused-ring (bicyclic) bond motifs is 1. The fourth-order valence-corrected chi connectivity index (χ4v) is 4.17. The molecule has 3 aromatic heterocycles. The molecule has 8 nitrogen and oxygen atoms in total. The van der Waals surface area contributed by atoms with Crippen molar-refractivity contribution in [3.63, 3.8) is 0 Å². The molecule has 0 saturated carbocycles. The summed E-state index contributed by atoms with van der Waals surface area (Å²) < 4.78 is 1.92. The molecule has 1 aromatic carbocycles. The van der Waals surface area contributed by atoms with E-state index in [2.05, 4.69) is 25.3 Å². The van der Waals surface area contributed by atoms with E-state index in [0.717, 1.165) is 16.6 Å². The minimum Gasteiger partial charge on any atom is -0.380 e. The second kappa shape index (κ2) is 8.04. The Morgan fingerprint density at radius 3 is 2.50 bits per heavy atom. The second-order valence-electron chi connectivity index (χ2n) is 8.53. The number of pyridine rings is 1. The average molecular weight is 439 g/mol. The third-order valence-electron chi connectivity index (χ3n) is 5.92. The number of anilines is 2. The van der Waals surface area contributed by atoms with Crippen LogP contribution in [0.1, 0.15) is 23.2 Å². The van der Waals surface area contributed by atoms with Crippen LogP contribution in [0.4, 0.5) is 11.8 Å². The van der Waals surface area contributed by atoms with Crippen LogP contribution in [0.3, 0.4) is 0 Å². The summed E-state index contributed by atoms with van der Waals surface area (Å²) >= 11 is 0. The summed E-state index contributed by atoms with van der Waals surface area (Å²) in [6, 6.07) is 8.91. The Kier molecular flexibility index (Phi) is 5.26. The molecule has 1 amide bonds. The summed E-state index contributed by atoms with van der Waals surface area (Å²) in [5.41, 5.74) is 2.88. The van der Waals surface area contributed by atoms with Crippen molar-refractivity contribution in [1.29, 1.82) is 0 Å². The van der Waals surface area contributed by atoms with Gasteiger partial charge in [0, 0.05) is 36.0 Å². The number of nitrogens with zero attached hydrogens (tertiary/aromatic N) is 6. The van der Waals surface area contributed by atoms with Crippen LogP contribution in [0, 0.1) is 0 Å². The quantitative estimate of drug-likeness (QED) is 0.483. The lowest BCUT2D eigenvalue weighted by Gasteiger charge is -2.44. The summed E-state index contributed by atoms with van der Waals surface area (Å²) in [4.78, 5) is 31.6. The maximum Gasteiger partial charge on any atom is 0.258 e. The molecule has 0 spiro atoms. The van der Waals surface area contributed by atoms with Gasteiger partial charge in [-0.1, -0.05) is 12.1 Å². The first-order valence-electron chi connectivity index (χ1n) is 10.6. The van der Waals surface area contributed by atoms with Crippen molar-refractivity contribution in [2.75, 3.05) is 10.2 Å². The molecule has 158 valence electrons. The van der Waals surface area contributed by atoms with Crippen LogP contribution in [0.5, 0.6) is 0 Å². The van der Waals surface area contributed by atoms with Crippen molar-refractivity contribution in [3.05, 3.63) is 60.8 Å². The number of nitrogens with one attached hydrogen (secondary N) is 1. The lowest BCUT2D eigenvalue weighted by molar-refractivity contribution is 0.102. The number of hydrogen-bond acceptors (Lipinski definition) is 6. The number of carbonyl (C=O) groups is 1. The van der Waals surface area contributed by atoms with Crippen molar-refractivity contribution in [3.8, 4) is 11.3 Å². The zero-order valence-electron chi connectivity index (χ0n) is 18.5. The minimum atomic E-state index is -1.28. The van der Waals surface area contributed by atoms with Crippen molar-refractivity contribution >= 4 is 60.0 Å². The van der Waals surface area contributed by atoms with Crippen LogP contribution in [0.25, 0.3) is 22.2 Å². The molecule has 1 saturated heterocycles. The highest BCUT2D eigenvalue weighted by Gasteiger charge is 2.43. The SMILES string of the molecule is [B]C1([B])CCC([B])([B])N1c1cc(C(=O)Nc2ncc3ccc(-c4cncn4C)cc3n2)ccn1. The lowest BCUT2D eigenvalue weighted by Crippen LogP contribution is -2.56. The molecule has 0 bridgehead atoms. The van der Waals surface area contributed by atoms with E-state index in [0.29, 0.717) is 29.7 Å². The lowest BCUT2D eigenvalue weighted by atomic mass is 9.58. The minimum absolute atomic E-state index is 0.165. The van der Waals surface area contributed by atoms with Gasteiger partial charge < -0.3 is 9.47 Å². The molecule has 1 aliphatic rings. The number of aryl methyl sites for hydroxylation is 1. The number of benzene rings is 1. The molecule has 1 aliphatic heterocycles. The van der Waals surface area contributed by atoms with Gasteiger partial charge >= 0.3 is 0 Å². The van der Waals surface area contributed by atoms with Crippen molar-refractivity contribution in [2.45, 2.75) is 23.5 Å². The molecule has 0 atom stereocenters. The molecule has 34 heavy (non-hydrogen) atoms. The highest BCUT2D eigenvalue weighted by atomic mass is 16.1. The number of hydrogen-bond donors (Lipinski definition) is 1. The standard InChI is InChI=1S/C22H17B4N7O/c1-32-12-27-11-17(32)13-2-3-15-10-29-20(30-16(15)8-13)31-19(34)14-4-7-28-18(9-14)33-21(23,24)5-6-22(33,25)26/h2-4,7-12H,5-6H2,1H3,(H,29,30,31,34). The summed E-state index contributed by atoms with van der Waals surface area (Å²) in [5.74, 6) is 0.0443. The molecule has 12 heteroatoms. The summed E-state index contributed by atoms with van der Waals surface area (Å²) in [5, 5.41) is 1.01. The Morgan fingerprint density at radius 1 is 1.03 bits per heavy atom. The highest BCUT2D eigenvalue weighted by molar-refractivity contribution is 6.48. The third kappa shape index (κ3) is 3.97. The van der Waals surface area contributed by atoms with E-state index in [1.165, 1.54) is 17.2 Å². The topological polar surface area (TPSA) is 88.8 Å². The smallest absolute Gasteiger partial charge is 0.258 e. The molecule has 1 N–H and O–H groups in total. The number of amides is 1. The van der Waals surface area contributed by atoms with Crippen LogP contribution < -0.4 is 10.2 Å². The Hall–Kier alpha value is -3.55. The first-order valence-corrected chi connectivity index (χ1v) is 10.6. The van der Waals surface area contributed by atoms with Gasteiger partial charge in [0.2, 0.25) is 5.95 Å². The number of carbonyl (C=O) groups excluding carboxylic acids is 1. The number of imidazole rings is 1. The Morgan fingerprint density at radius 2 is 1.79 bits per heavy atom. The van der Waals surface area contributed by atoms with Gasteiger partial charge in [-0.05, 0) is 41.7 Å². The number of rotatable bonds is 4. The van der Waals surface area contributed by atoms with Crippen LogP contribution in [-0.2, 0) is 7.05 Å². The van der Waals surface area contributed by atoms with Gasteiger partial charge in [0.05, 0.1) is 55.1 Å². The van der Waals surface area contributed by atoms with E-state index in [4.69, 9.17) is 31.4 Å². The molecular weight excluding hydrogens is 422 g/mol. The van der Waals surface area contributed by atoms with Gasteiger partial charge in [0.1, 0.15) is 5.82 Å². The number of aromatic nitrogens is 5. The average Bonchev–Trinajstić information content (AvgIpc) is 3.32. The van der Waals surface area contributed by atoms with Crippen molar-refractivity contribution in [2.24, 2.45) is 7.05 Å². The summed E-state index contributed by atoms with van der Waals surface area (Å²) in [7, 11) is 26.6. The molecule has 8 radical (unpaired) electrons. The van der Waals surface area contributed by atoms with E-state index < -0.39 is 16.6 Å². The van der Waals surface area contributed by atoms with E-state index in [1.54, 1.807) is 24.8 Å². The van der Waals surface area contributed by atoms with Crippen molar-refractivity contribution < 1.29 is 4.79 Å². The van der Waals surface area contributed by atoms with Gasteiger partial charge in [-0.15, -0.1) is 0 Å². The van der Waals surface area contributed by atoms with Crippen LogP contribution in [0.15, 0.2) is 55.2 Å². The maximum atomic E-state index is 13.0. The largest absolute Gasteiger partial charge is 0.380 e.